The Hall–Kier alpha value is -0.260. The van der Waals surface area contributed by atoms with Crippen molar-refractivity contribution < 1.29 is 14.5 Å². The Balaban J connectivity index is -0.00000312. The van der Waals surface area contributed by atoms with Crippen LogP contribution in [-0.2, 0) is 0 Å². The monoisotopic (exact) mass is 410 g/mol. The third-order valence-electron chi connectivity index (χ3n) is 5.46. The minimum atomic E-state index is 0. The molecule has 174 valence electrons. The van der Waals surface area contributed by atoms with Crippen molar-refractivity contribution >= 4 is 0 Å². The van der Waals surface area contributed by atoms with E-state index in [9.17, 15) is 0 Å². The number of aliphatic hydroxyl groups is 1. The molecule has 0 spiro atoms. The van der Waals surface area contributed by atoms with Crippen molar-refractivity contribution in [2.45, 2.75) is 129 Å². The molecule has 1 atom stereocenters. The highest BCUT2D eigenvalue weighted by Gasteiger charge is 2.05. The molecule has 1 unspecified atom stereocenters. The van der Waals surface area contributed by atoms with E-state index in [0.29, 0.717) is 12.6 Å². The van der Waals surface area contributed by atoms with Crippen LogP contribution in [0.4, 0.5) is 9.41 Å². The smallest absolute Gasteiger partial charge is 0.0445 e. The van der Waals surface area contributed by atoms with Crippen LogP contribution < -0.4 is 11.1 Å². The van der Waals surface area contributed by atoms with Gasteiger partial charge in [-0.25, -0.2) is 0 Å². The Morgan fingerprint density at radius 2 is 1.04 bits per heavy atom. The van der Waals surface area contributed by atoms with Crippen LogP contribution in [0.5, 0.6) is 0 Å². The molecular formula is C23H52F2N2O. The molecule has 0 aromatic carbocycles. The van der Waals surface area contributed by atoms with Crippen LogP contribution in [0.3, 0.4) is 0 Å². The Labute approximate surface area is 174 Å². The minimum Gasteiger partial charge on any atom is -0.396 e. The molecule has 3 nitrogen and oxygen atoms in total. The maximum Gasteiger partial charge on any atom is 0.0445 e. The first kappa shape index (κ1) is 32.4. The summed E-state index contributed by atoms with van der Waals surface area (Å²) in [4.78, 5) is 0. The second kappa shape index (κ2) is 28.9. The van der Waals surface area contributed by atoms with E-state index < -0.39 is 0 Å². The van der Waals surface area contributed by atoms with Gasteiger partial charge in [0.1, 0.15) is 0 Å². The summed E-state index contributed by atoms with van der Waals surface area (Å²) in [6, 6.07) is 0.404. The number of hydrogen-bond acceptors (Lipinski definition) is 3. The van der Waals surface area contributed by atoms with Gasteiger partial charge in [0, 0.05) is 12.6 Å². The summed E-state index contributed by atoms with van der Waals surface area (Å²) < 4.78 is 0. The molecule has 0 aliphatic carbocycles. The van der Waals surface area contributed by atoms with Crippen molar-refractivity contribution in [1.29, 1.82) is 0 Å². The van der Waals surface area contributed by atoms with E-state index in [-0.39, 0.29) is 16.0 Å². The number of rotatable bonds is 22. The van der Waals surface area contributed by atoms with Gasteiger partial charge in [-0.15, -0.1) is 0 Å². The van der Waals surface area contributed by atoms with Crippen molar-refractivity contribution in [1.82, 2.24) is 5.32 Å². The van der Waals surface area contributed by atoms with E-state index in [0.717, 1.165) is 19.4 Å². The molecule has 0 aliphatic rings. The fourth-order valence-electron chi connectivity index (χ4n) is 3.68. The molecular weight excluding hydrogens is 358 g/mol. The summed E-state index contributed by atoms with van der Waals surface area (Å²) in [5, 5.41) is 12.6. The zero-order chi connectivity index (χ0) is 19.1. The lowest BCUT2D eigenvalue weighted by atomic mass is 10.0. The molecule has 0 aromatic heterocycles. The largest absolute Gasteiger partial charge is 0.396 e. The van der Waals surface area contributed by atoms with Gasteiger partial charge in [-0.3, -0.25) is 9.41 Å². The molecule has 0 saturated carbocycles. The molecule has 0 fully saturated rings. The lowest BCUT2D eigenvalue weighted by Gasteiger charge is -2.16. The average molecular weight is 411 g/mol. The second-order valence-corrected chi connectivity index (χ2v) is 8.04. The normalized spacial score (nSPS) is 11.7. The quantitative estimate of drug-likeness (QED) is 0.185. The number of aliphatic hydroxyl groups excluding tert-OH is 1. The highest BCUT2D eigenvalue weighted by atomic mass is 19.0. The topological polar surface area (TPSA) is 58.3 Å². The van der Waals surface area contributed by atoms with E-state index in [4.69, 9.17) is 10.8 Å². The van der Waals surface area contributed by atoms with Gasteiger partial charge in [-0.2, -0.15) is 0 Å². The Bertz CT molecular complexity index is 253. The van der Waals surface area contributed by atoms with Crippen LogP contribution in [0.15, 0.2) is 0 Å². The summed E-state index contributed by atoms with van der Waals surface area (Å²) in [5.74, 6) is 0. The van der Waals surface area contributed by atoms with Crippen molar-refractivity contribution in [3.63, 3.8) is 0 Å². The third kappa shape index (κ3) is 25.7. The SMILES string of the molecule is CCCCCCCCCCCCCCCCCCNC(CCN)CCO.F.F. The molecule has 4 N–H and O–H groups in total. The van der Waals surface area contributed by atoms with Gasteiger partial charge in [0.25, 0.3) is 0 Å². The average Bonchev–Trinajstić information content (AvgIpc) is 2.64. The van der Waals surface area contributed by atoms with E-state index >= 15 is 0 Å². The standard InChI is InChI=1S/C23H50N2O.2FH/c1-2-3-4-5-6-7-8-9-10-11-12-13-14-15-16-17-21-25-23(18-20-24)19-22-26;;/h23,25-26H,2-22,24H2,1H3;2*1H. The maximum absolute atomic E-state index is 9.03. The van der Waals surface area contributed by atoms with Gasteiger partial charge in [0.15, 0.2) is 0 Å². The zero-order valence-corrected chi connectivity index (χ0v) is 18.8. The second-order valence-electron chi connectivity index (χ2n) is 8.04. The molecule has 0 aliphatic heterocycles. The maximum atomic E-state index is 9.03. The minimum absolute atomic E-state index is 0. The fraction of sp³-hybridized carbons (Fsp3) is 1.00. The van der Waals surface area contributed by atoms with Crippen LogP contribution in [0.2, 0.25) is 0 Å². The zero-order valence-electron chi connectivity index (χ0n) is 18.8. The first-order valence-corrected chi connectivity index (χ1v) is 11.9. The van der Waals surface area contributed by atoms with Gasteiger partial charge in [-0.05, 0) is 32.4 Å². The van der Waals surface area contributed by atoms with Crippen molar-refractivity contribution in [2.24, 2.45) is 5.73 Å². The number of unbranched alkanes of at least 4 members (excludes halogenated alkanes) is 15. The summed E-state index contributed by atoms with van der Waals surface area (Å²) >= 11 is 0. The summed E-state index contributed by atoms with van der Waals surface area (Å²) in [6.07, 6.45) is 24.4. The molecule has 0 radical (unpaired) electrons. The lowest BCUT2D eigenvalue weighted by Crippen LogP contribution is -2.32. The lowest BCUT2D eigenvalue weighted by molar-refractivity contribution is 0.261. The number of hydrogen-bond donors (Lipinski definition) is 3. The summed E-state index contributed by atoms with van der Waals surface area (Å²) in [5.41, 5.74) is 5.60. The number of halogens is 2. The van der Waals surface area contributed by atoms with Crippen molar-refractivity contribution in [3.8, 4) is 0 Å². The Morgan fingerprint density at radius 1 is 0.643 bits per heavy atom. The summed E-state index contributed by atoms with van der Waals surface area (Å²) in [7, 11) is 0. The van der Waals surface area contributed by atoms with Gasteiger partial charge in [-0.1, -0.05) is 103 Å². The predicted octanol–water partition coefficient (Wildman–Crippen LogP) is 6.24. The van der Waals surface area contributed by atoms with Crippen molar-refractivity contribution in [2.75, 3.05) is 19.7 Å². The fourth-order valence-corrected chi connectivity index (χ4v) is 3.68. The van der Waals surface area contributed by atoms with Crippen LogP contribution >= 0.6 is 0 Å². The highest BCUT2D eigenvalue weighted by Crippen LogP contribution is 2.13. The van der Waals surface area contributed by atoms with E-state index in [2.05, 4.69) is 12.2 Å². The molecule has 0 rings (SSSR count). The molecule has 5 heteroatoms. The van der Waals surface area contributed by atoms with Gasteiger partial charge < -0.3 is 16.2 Å². The molecule has 0 bridgehead atoms. The first-order chi connectivity index (χ1) is 12.8. The van der Waals surface area contributed by atoms with Gasteiger partial charge in [0.2, 0.25) is 0 Å². The van der Waals surface area contributed by atoms with Gasteiger partial charge in [0.05, 0.1) is 0 Å². The van der Waals surface area contributed by atoms with Gasteiger partial charge >= 0.3 is 0 Å². The van der Waals surface area contributed by atoms with Crippen LogP contribution in [0.25, 0.3) is 0 Å². The molecule has 0 saturated heterocycles. The van der Waals surface area contributed by atoms with E-state index in [1.807, 2.05) is 0 Å². The van der Waals surface area contributed by atoms with Crippen LogP contribution in [0.1, 0.15) is 122 Å². The predicted molar refractivity (Wildman–Crippen MR) is 122 cm³/mol. The van der Waals surface area contributed by atoms with E-state index in [1.54, 1.807) is 0 Å². The molecule has 28 heavy (non-hydrogen) atoms. The number of nitrogens with one attached hydrogen (secondary N) is 1. The number of nitrogens with two attached hydrogens (primary N) is 1. The van der Waals surface area contributed by atoms with E-state index in [1.165, 1.54) is 103 Å². The highest BCUT2D eigenvalue weighted by molar-refractivity contribution is 4.66. The molecule has 0 aromatic rings. The molecule has 0 amide bonds. The van der Waals surface area contributed by atoms with Crippen LogP contribution in [0, 0.1) is 0 Å². The Morgan fingerprint density at radius 3 is 1.39 bits per heavy atom. The van der Waals surface area contributed by atoms with Crippen LogP contribution in [-0.4, -0.2) is 30.8 Å². The summed E-state index contributed by atoms with van der Waals surface area (Å²) in [6.45, 7) is 4.33. The Kier molecular flexibility index (Phi) is 33.5. The molecule has 0 heterocycles. The third-order valence-corrected chi connectivity index (χ3v) is 5.46. The van der Waals surface area contributed by atoms with Crippen molar-refractivity contribution in [3.05, 3.63) is 0 Å². The first-order valence-electron chi connectivity index (χ1n) is 11.9.